The van der Waals surface area contributed by atoms with Crippen molar-refractivity contribution in [2.24, 2.45) is 0 Å². The molecule has 1 aromatic rings. The first-order valence-electron chi connectivity index (χ1n) is 7.08. The zero-order chi connectivity index (χ0) is 15.3. The van der Waals surface area contributed by atoms with Crippen molar-refractivity contribution in [1.82, 2.24) is 5.32 Å². The molecule has 0 aromatic carbocycles. The molecule has 2 N–H and O–H groups in total. The van der Waals surface area contributed by atoms with Crippen LogP contribution < -0.4 is 5.32 Å². The summed E-state index contributed by atoms with van der Waals surface area (Å²) in [5.74, 6) is 0. The first-order valence-corrected chi connectivity index (χ1v) is 7.89. The third kappa shape index (κ3) is 2.50. The standard InChI is InChI=1S/C14H18F3NO2S/c1-8-6-13(3-4-18-8)11-9(2-5-20-13)10(7-19)12(21-11)14(15,16)17/h8,18-19H,2-7H2,1H3. The maximum atomic E-state index is 13.2. The molecule has 0 aliphatic carbocycles. The number of ether oxygens (including phenoxy) is 1. The fourth-order valence-electron chi connectivity index (χ4n) is 3.47. The highest BCUT2D eigenvalue weighted by molar-refractivity contribution is 7.12. The average Bonchev–Trinajstić information content (AvgIpc) is 2.79. The smallest absolute Gasteiger partial charge is 0.392 e. The molecule has 3 rings (SSSR count). The predicted octanol–water partition coefficient (Wildman–Crippen LogP) is 2.80. The van der Waals surface area contributed by atoms with Gasteiger partial charge < -0.3 is 15.2 Å². The quantitative estimate of drug-likeness (QED) is 0.836. The SMILES string of the molecule is CC1CC2(CCN1)OCCc1c2sc(C(F)(F)F)c1CO. The lowest BCUT2D eigenvalue weighted by molar-refractivity contribution is -0.135. The lowest BCUT2D eigenvalue weighted by Gasteiger charge is -2.43. The minimum absolute atomic E-state index is 0.0522. The molecule has 1 spiro atoms. The highest BCUT2D eigenvalue weighted by Crippen LogP contribution is 2.50. The van der Waals surface area contributed by atoms with Crippen LogP contribution in [-0.2, 0) is 29.5 Å². The van der Waals surface area contributed by atoms with Gasteiger partial charge in [-0.1, -0.05) is 0 Å². The van der Waals surface area contributed by atoms with Crippen LogP contribution in [0.1, 0.15) is 40.6 Å². The molecule has 0 amide bonds. The summed E-state index contributed by atoms with van der Waals surface area (Å²) in [5, 5.41) is 12.7. The zero-order valence-electron chi connectivity index (χ0n) is 11.7. The average molecular weight is 321 g/mol. The van der Waals surface area contributed by atoms with Crippen LogP contribution in [0, 0.1) is 0 Å². The Labute approximate surface area is 125 Å². The molecular weight excluding hydrogens is 303 g/mol. The number of nitrogens with one attached hydrogen (secondary N) is 1. The highest BCUT2D eigenvalue weighted by atomic mass is 32.1. The summed E-state index contributed by atoms with van der Waals surface area (Å²) in [7, 11) is 0. The van der Waals surface area contributed by atoms with Gasteiger partial charge in [-0.15, -0.1) is 11.3 Å². The second kappa shape index (κ2) is 5.22. The van der Waals surface area contributed by atoms with Crippen LogP contribution in [0.3, 0.4) is 0 Å². The lowest BCUT2D eigenvalue weighted by atomic mass is 9.82. The molecule has 0 bridgehead atoms. The number of rotatable bonds is 1. The van der Waals surface area contributed by atoms with Gasteiger partial charge in [-0.2, -0.15) is 13.2 Å². The van der Waals surface area contributed by atoms with Gasteiger partial charge in [0, 0.05) is 16.5 Å². The Hall–Kier alpha value is -0.630. The number of fused-ring (bicyclic) bond motifs is 2. The molecule has 2 aliphatic rings. The minimum Gasteiger partial charge on any atom is -0.392 e. The van der Waals surface area contributed by atoms with Crippen molar-refractivity contribution >= 4 is 11.3 Å². The van der Waals surface area contributed by atoms with E-state index in [1.54, 1.807) is 0 Å². The molecule has 1 fully saturated rings. The monoisotopic (exact) mass is 321 g/mol. The van der Waals surface area contributed by atoms with Crippen LogP contribution in [0.2, 0.25) is 0 Å². The molecule has 7 heteroatoms. The topological polar surface area (TPSA) is 41.5 Å². The third-order valence-corrected chi connectivity index (χ3v) is 5.84. The molecule has 1 saturated heterocycles. The van der Waals surface area contributed by atoms with Crippen LogP contribution >= 0.6 is 11.3 Å². The van der Waals surface area contributed by atoms with Crippen molar-refractivity contribution < 1.29 is 23.0 Å². The Balaban J connectivity index is 2.12. The number of thiophene rings is 1. The van der Waals surface area contributed by atoms with E-state index in [4.69, 9.17) is 4.74 Å². The van der Waals surface area contributed by atoms with Crippen LogP contribution in [0.15, 0.2) is 0 Å². The summed E-state index contributed by atoms with van der Waals surface area (Å²) in [5.41, 5.74) is 0.0996. The van der Waals surface area contributed by atoms with Crippen LogP contribution in [0.25, 0.3) is 0 Å². The normalized spacial score (nSPS) is 29.7. The van der Waals surface area contributed by atoms with E-state index in [0.717, 1.165) is 17.9 Å². The summed E-state index contributed by atoms with van der Waals surface area (Å²) in [6.07, 6.45) is -2.63. The predicted molar refractivity (Wildman–Crippen MR) is 73.3 cm³/mol. The van der Waals surface area contributed by atoms with Gasteiger partial charge in [-0.3, -0.25) is 0 Å². The summed E-state index contributed by atoms with van der Waals surface area (Å²) in [6.45, 7) is 2.60. The number of aliphatic hydroxyl groups excluding tert-OH is 1. The van der Waals surface area contributed by atoms with Gasteiger partial charge in [0.15, 0.2) is 0 Å². The molecule has 3 heterocycles. The number of hydrogen-bond donors (Lipinski definition) is 2. The first kappa shape index (κ1) is 15.3. The summed E-state index contributed by atoms with van der Waals surface area (Å²) in [6, 6.07) is 0.207. The summed E-state index contributed by atoms with van der Waals surface area (Å²) in [4.78, 5) is 0.0181. The Morgan fingerprint density at radius 3 is 2.86 bits per heavy atom. The van der Waals surface area contributed by atoms with Crippen LogP contribution in [0.4, 0.5) is 13.2 Å². The Morgan fingerprint density at radius 1 is 1.48 bits per heavy atom. The van der Waals surface area contributed by atoms with Crippen LogP contribution in [-0.4, -0.2) is 24.3 Å². The zero-order valence-corrected chi connectivity index (χ0v) is 12.5. The lowest BCUT2D eigenvalue weighted by Crippen LogP contribution is -2.48. The third-order valence-electron chi connectivity index (χ3n) is 4.33. The molecule has 0 saturated carbocycles. The molecule has 21 heavy (non-hydrogen) atoms. The van der Waals surface area contributed by atoms with Crippen molar-refractivity contribution in [3.05, 3.63) is 20.9 Å². The molecule has 2 atom stereocenters. The van der Waals surface area contributed by atoms with E-state index in [-0.39, 0.29) is 11.6 Å². The molecule has 2 aliphatic heterocycles. The molecule has 118 valence electrons. The van der Waals surface area contributed by atoms with E-state index in [9.17, 15) is 18.3 Å². The van der Waals surface area contributed by atoms with Crippen molar-refractivity contribution in [2.75, 3.05) is 13.2 Å². The Bertz CT molecular complexity index is 543. The number of halogens is 3. The van der Waals surface area contributed by atoms with Gasteiger partial charge >= 0.3 is 6.18 Å². The first-order chi connectivity index (χ1) is 9.87. The molecule has 1 aromatic heterocycles. The van der Waals surface area contributed by atoms with E-state index in [2.05, 4.69) is 5.32 Å². The van der Waals surface area contributed by atoms with Gasteiger partial charge in [-0.25, -0.2) is 0 Å². The molecule has 3 nitrogen and oxygen atoms in total. The fraction of sp³-hybridized carbons (Fsp3) is 0.714. The number of piperidine rings is 1. The number of hydrogen-bond acceptors (Lipinski definition) is 4. The van der Waals surface area contributed by atoms with Crippen molar-refractivity contribution in [3.63, 3.8) is 0 Å². The molecule has 2 unspecified atom stereocenters. The van der Waals surface area contributed by atoms with Gasteiger partial charge in [0.1, 0.15) is 10.5 Å². The second-order valence-electron chi connectivity index (χ2n) is 5.78. The van der Waals surface area contributed by atoms with E-state index >= 15 is 0 Å². The molecule has 0 radical (unpaired) electrons. The van der Waals surface area contributed by atoms with Crippen molar-refractivity contribution in [3.8, 4) is 0 Å². The number of aliphatic hydroxyl groups is 1. The van der Waals surface area contributed by atoms with Gasteiger partial charge in [0.05, 0.1) is 13.2 Å². The van der Waals surface area contributed by atoms with Gasteiger partial charge in [0.25, 0.3) is 0 Å². The summed E-state index contributed by atoms with van der Waals surface area (Å²) < 4.78 is 45.6. The van der Waals surface area contributed by atoms with E-state index in [0.29, 0.717) is 36.3 Å². The largest absolute Gasteiger partial charge is 0.425 e. The minimum atomic E-state index is -4.42. The fourth-order valence-corrected chi connectivity index (χ4v) is 4.88. The maximum Gasteiger partial charge on any atom is 0.425 e. The van der Waals surface area contributed by atoms with Crippen LogP contribution in [0.5, 0.6) is 0 Å². The highest BCUT2D eigenvalue weighted by Gasteiger charge is 2.47. The van der Waals surface area contributed by atoms with Crippen molar-refractivity contribution in [1.29, 1.82) is 0 Å². The van der Waals surface area contributed by atoms with Gasteiger partial charge in [0.2, 0.25) is 0 Å². The second-order valence-corrected chi connectivity index (χ2v) is 6.80. The van der Waals surface area contributed by atoms with Gasteiger partial charge in [-0.05, 0) is 38.3 Å². The van der Waals surface area contributed by atoms with E-state index in [1.165, 1.54) is 0 Å². The maximum absolute atomic E-state index is 13.2. The Kier molecular flexibility index (Phi) is 3.80. The number of alkyl halides is 3. The van der Waals surface area contributed by atoms with Crippen molar-refractivity contribution in [2.45, 2.75) is 50.6 Å². The Morgan fingerprint density at radius 2 is 2.24 bits per heavy atom. The van der Waals surface area contributed by atoms with E-state index in [1.807, 2.05) is 6.92 Å². The van der Waals surface area contributed by atoms with E-state index < -0.39 is 23.3 Å². The molecular formula is C14H18F3NO2S. The summed E-state index contributed by atoms with van der Waals surface area (Å²) >= 11 is 0.763.